The number of carbonyl (C=O) groups is 2. The number of nitrogens with zero attached hydrogens (tertiary/aromatic N) is 2. The molecule has 44 heavy (non-hydrogen) atoms. The summed E-state index contributed by atoms with van der Waals surface area (Å²) < 4.78 is 31.4. The van der Waals surface area contributed by atoms with Crippen LogP contribution in [-0.2, 0) is 26.2 Å². The molecule has 5 rings (SSSR count). The second-order valence-corrected chi connectivity index (χ2v) is 14.7. The average Bonchev–Trinajstić information content (AvgIpc) is 3.01. The molecule has 0 bridgehead atoms. The molecule has 2 heterocycles. The van der Waals surface area contributed by atoms with Crippen molar-refractivity contribution in [3.05, 3.63) is 53.4 Å². The van der Waals surface area contributed by atoms with Gasteiger partial charge in [0.25, 0.3) is 0 Å². The predicted molar refractivity (Wildman–Crippen MR) is 169 cm³/mol. The number of piperazine rings is 1. The van der Waals surface area contributed by atoms with Crippen molar-refractivity contribution in [1.82, 2.24) is 19.8 Å². The lowest BCUT2D eigenvalue weighted by atomic mass is 9.78. The van der Waals surface area contributed by atoms with Gasteiger partial charge in [-0.05, 0) is 74.3 Å². The summed E-state index contributed by atoms with van der Waals surface area (Å²) >= 11 is 0. The topological polar surface area (TPSA) is 128 Å². The number of aliphatic hydroxyl groups is 1. The molecule has 2 amide bonds. The molecule has 1 saturated carbocycles. The summed E-state index contributed by atoms with van der Waals surface area (Å²) in [6.07, 6.45) is 13.0. The van der Waals surface area contributed by atoms with Crippen molar-refractivity contribution < 1.29 is 27.9 Å². The molecule has 3 N–H and O–H groups in total. The zero-order valence-corrected chi connectivity index (χ0v) is 26.9. The third-order valence-electron chi connectivity index (χ3n) is 9.66. The van der Waals surface area contributed by atoms with E-state index in [4.69, 9.17) is 4.74 Å². The van der Waals surface area contributed by atoms with Gasteiger partial charge >= 0.3 is 0 Å². The number of allylic oxidation sites excluding steroid dienone is 4. The van der Waals surface area contributed by atoms with E-state index in [0.717, 1.165) is 68.4 Å². The first-order valence-electron chi connectivity index (χ1n) is 16.2. The minimum atomic E-state index is -3.29. The molecule has 11 heteroatoms. The van der Waals surface area contributed by atoms with Gasteiger partial charge in [-0.3, -0.25) is 19.2 Å². The molecule has 2 saturated heterocycles. The predicted octanol–water partition coefficient (Wildman–Crippen LogP) is 3.58. The number of sulfonamides is 1. The van der Waals surface area contributed by atoms with Crippen LogP contribution in [0.4, 0.5) is 0 Å². The quantitative estimate of drug-likeness (QED) is 0.342. The molecule has 0 aromatic heterocycles. The van der Waals surface area contributed by atoms with Crippen LogP contribution >= 0.6 is 0 Å². The van der Waals surface area contributed by atoms with Crippen molar-refractivity contribution in [3.63, 3.8) is 0 Å². The molecule has 2 atom stereocenters. The maximum atomic E-state index is 13.8. The Morgan fingerprint density at radius 1 is 1.07 bits per heavy atom. The second kappa shape index (κ2) is 14.0. The third kappa shape index (κ3) is 7.66. The second-order valence-electron chi connectivity index (χ2n) is 12.9. The number of hydrogen-bond acceptors (Lipinski definition) is 7. The van der Waals surface area contributed by atoms with Crippen LogP contribution < -0.4 is 14.8 Å². The molecule has 1 aromatic carbocycles. The minimum absolute atomic E-state index is 0.0621. The van der Waals surface area contributed by atoms with Crippen molar-refractivity contribution in [2.45, 2.75) is 102 Å². The van der Waals surface area contributed by atoms with E-state index in [1.165, 1.54) is 6.42 Å². The number of rotatable bonds is 11. The molecular weight excluding hydrogens is 580 g/mol. The number of ether oxygens (including phenoxy) is 1. The molecule has 2 aliphatic carbocycles. The van der Waals surface area contributed by atoms with E-state index in [2.05, 4.69) is 21.9 Å². The van der Waals surface area contributed by atoms with Crippen LogP contribution in [0.25, 0.3) is 0 Å². The van der Waals surface area contributed by atoms with E-state index < -0.39 is 27.7 Å². The highest BCUT2D eigenvalue weighted by atomic mass is 32.2. The van der Waals surface area contributed by atoms with Crippen LogP contribution in [0.2, 0.25) is 0 Å². The molecule has 2 aliphatic heterocycles. The van der Waals surface area contributed by atoms with Gasteiger partial charge in [0, 0.05) is 38.3 Å². The Labute approximate surface area is 261 Å². The van der Waals surface area contributed by atoms with Gasteiger partial charge in [0.15, 0.2) is 0 Å². The van der Waals surface area contributed by atoms with Crippen LogP contribution in [0.15, 0.2) is 47.9 Å². The summed E-state index contributed by atoms with van der Waals surface area (Å²) in [6.45, 7) is 4.75. The molecule has 0 radical (unpaired) electrons. The normalized spacial score (nSPS) is 24.0. The molecule has 242 valence electrons. The zero-order chi connectivity index (χ0) is 31.3. The number of likely N-dealkylation sites (tertiary alicyclic amines) is 1. The molecule has 10 nitrogen and oxygen atoms in total. The minimum Gasteiger partial charge on any atom is -0.462 e. The summed E-state index contributed by atoms with van der Waals surface area (Å²) in [7, 11) is -3.29. The first kappa shape index (κ1) is 32.5. The fourth-order valence-electron chi connectivity index (χ4n) is 7.14. The Kier molecular flexibility index (Phi) is 10.4. The largest absolute Gasteiger partial charge is 0.462 e. The van der Waals surface area contributed by atoms with E-state index in [1.54, 1.807) is 12.2 Å². The number of aliphatic hydroxyl groups excluding tert-OH is 1. The number of amides is 2. The average molecular weight is 629 g/mol. The smallest absolute Gasteiger partial charge is 0.248 e. The first-order valence-corrected chi connectivity index (χ1v) is 18.1. The van der Waals surface area contributed by atoms with Crippen molar-refractivity contribution in [3.8, 4) is 5.75 Å². The Balaban J connectivity index is 1.18. The summed E-state index contributed by atoms with van der Waals surface area (Å²) in [6, 6.07) is 7.10. The summed E-state index contributed by atoms with van der Waals surface area (Å²) in [5.41, 5.74) is 0.925. The van der Waals surface area contributed by atoms with Gasteiger partial charge in [-0.1, -0.05) is 44.7 Å². The molecular formula is C33H48N4O6S. The summed E-state index contributed by atoms with van der Waals surface area (Å²) in [4.78, 5) is 31.7. The van der Waals surface area contributed by atoms with Gasteiger partial charge in [-0.2, -0.15) is 0 Å². The van der Waals surface area contributed by atoms with E-state index >= 15 is 0 Å². The lowest BCUT2D eigenvalue weighted by Gasteiger charge is -2.52. The number of nitrogens with one attached hydrogen (secondary N) is 2. The van der Waals surface area contributed by atoms with Crippen molar-refractivity contribution in [2.75, 3.05) is 25.9 Å². The maximum absolute atomic E-state index is 13.8. The SMILES string of the molecule is CCCCN1C(=O)[C@@H]([C@H](O)C2CCCCC2)NC(=O)C12CCN(Cc1ccc(OC3=CC=C(NS(C)(=O)=O)CC3)cc1)CC2. The van der Waals surface area contributed by atoms with Crippen LogP contribution in [0.3, 0.4) is 0 Å². The standard InChI is InChI=1S/C33H48N4O6S/c1-3-4-20-37-31(39)29(30(38)25-8-6-5-7-9-25)34-32(40)33(37)18-21-36(22-19-33)23-24-10-14-27(15-11-24)43-28-16-12-26(13-17-28)35-44(2,41)42/h10-12,14-16,25,29-30,35,38H,3-9,13,17-23H2,1-2H3,(H,34,40)/t29-,30-/m1/s1. The van der Waals surface area contributed by atoms with Crippen LogP contribution in [-0.4, -0.2) is 78.7 Å². The first-order chi connectivity index (χ1) is 21.1. The number of piperidine rings is 1. The fraction of sp³-hybridized carbons (Fsp3) is 0.636. The molecule has 1 spiro atoms. The van der Waals surface area contributed by atoms with E-state index in [0.29, 0.717) is 51.0 Å². The highest BCUT2D eigenvalue weighted by Gasteiger charge is 2.55. The lowest BCUT2D eigenvalue weighted by molar-refractivity contribution is -0.166. The third-order valence-corrected chi connectivity index (χ3v) is 10.3. The highest BCUT2D eigenvalue weighted by Crippen LogP contribution is 2.36. The van der Waals surface area contributed by atoms with Gasteiger partial charge < -0.3 is 20.1 Å². The van der Waals surface area contributed by atoms with Crippen molar-refractivity contribution >= 4 is 21.8 Å². The van der Waals surface area contributed by atoms with Crippen LogP contribution in [0.1, 0.15) is 83.1 Å². The van der Waals surface area contributed by atoms with Crippen molar-refractivity contribution in [2.24, 2.45) is 5.92 Å². The molecule has 3 fully saturated rings. The van der Waals surface area contributed by atoms with Gasteiger partial charge in [0.1, 0.15) is 23.1 Å². The Morgan fingerprint density at radius 3 is 2.39 bits per heavy atom. The number of hydrogen-bond donors (Lipinski definition) is 3. The summed E-state index contributed by atoms with van der Waals surface area (Å²) in [5.74, 6) is 1.33. The Hall–Kier alpha value is -2.89. The number of carbonyl (C=O) groups excluding carboxylic acids is 2. The zero-order valence-electron chi connectivity index (χ0n) is 26.1. The fourth-order valence-corrected chi connectivity index (χ4v) is 7.78. The Bertz CT molecular complexity index is 1340. The van der Waals surface area contributed by atoms with Crippen LogP contribution in [0.5, 0.6) is 5.75 Å². The van der Waals surface area contributed by atoms with E-state index in [-0.39, 0.29) is 17.7 Å². The molecule has 4 aliphatic rings. The van der Waals surface area contributed by atoms with E-state index in [9.17, 15) is 23.1 Å². The van der Waals surface area contributed by atoms with Gasteiger partial charge in [-0.15, -0.1) is 0 Å². The number of unbranched alkanes of at least 4 members (excludes halogenated alkanes) is 1. The monoisotopic (exact) mass is 628 g/mol. The van der Waals surface area contributed by atoms with Crippen molar-refractivity contribution in [1.29, 1.82) is 0 Å². The van der Waals surface area contributed by atoms with Gasteiger partial charge in [-0.25, -0.2) is 8.42 Å². The van der Waals surface area contributed by atoms with Crippen LogP contribution in [0, 0.1) is 5.92 Å². The van der Waals surface area contributed by atoms with Gasteiger partial charge in [0.2, 0.25) is 21.8 Å². The molecule has 0 unspecified atom stereocenters. The highest BCUT2D eigenvalue weighted by molar-refractivity contribution is 7.88. The maximum Gasteiger partial charge on any atom is 0.248 e. The lowest BCUT2D eigenvalue weighted by Crippen LogP contribution is -2.75. The van der Waals surface area contributed by atoms with Gasteiger partial charge in [0.05, 0.1) is 12.4 Å². The Morgan fingerprint density at radius 2 is 1.77 bits per heavy atom. The number of benzene rings is 1. The van der Waals surface area contributed by atoms with E-state index in [1.807, 2.05) is 29.2 Å². The summed E-state index contributed by atoms with van der Waals surface area (Å²) in [5, 5.41) is 14.2. The molecule has 1 aromatic rings.